The van der Waals surface area contributed by atoms with Gasteiger partial charge in [-0.1, -0.05) is 6.07 Å². The van der Waals surface area contributed by atoms with E-state index in [9.17, 15) is 9.59 Å². The van der Waals surface area contributed by atoms with Crippen molar-refractivity contribution in [1.82, 2.24) is 0 Å². The van der Waals surface area contributed by atoms with E-state index in [1.165, 1.54) is 11.8 Å². The van der Waals surface area contributed by atoms with Gasteiger partial charge in [0.25, 0.3) is 0 Å². The Bertz CT molecular complexity index is 472. The molecule has 1 aromatic rings. The van der Waals surface area contributed by atoms with E-state index in [-0.39, 0.29) is 17.7 Å². The molecular weight excluding hydrogens is 236 g/mol. The number of Topliss-reactive ketones (excluding diaryl/α,β-unsaturated/α-hetero) is 1. The summed E-state index contributed by atoms with van der Waals surface area (Å²) in [7, 11) is 0. The van der Waals surface area contributed by atoms with Gasteiger partial charge in [-0.25, -0.2) is 0 Å². The third-order valence-electron chi connectivity index (χ3n) is 2.44. The molecule has 0 radical (unpaired) electrons. The average Bonchev–Trinajstić information content (AvgIpc) is 2.27. The van der Waals surface area contributed by atoms with Gasteiger partial charge in [0.2, 0.25) is 5.91 Å². The lowest BCUT2D eigenvalue weighted by molar-refractivity contribution is -0.113. The van der Waals surface area contributed by atoms with E-state index in [0.717, 1.165) is 10.6 Å². The summed E-state index contributed by atoms with van der Waals surface area (Å²) in [5.41, 5.74) is 6.92. The molecule has 0 fully saturated rings. The van der Waals surface area contributed by atoms with Crippen molar-refractivity contribution in [2.45, 2.75) is 24.3 Å². The maximum absolute atomic E-state index is 11.8. The molecular formula is C12H14N2O2S. The Morgan fingerprint density at radius 1 is 1.59 bits per heavy atom. The number of fused-ring (bicyclic) bond motifs is 1. The molecule has 90 valence electrons. The number of amides is 1. The summed E-state index contributed by atoms with van der Waals surface area (Å²) in [6.45, 7) is 1.80. The van der Waals surface area contributed by atoms with Gasteiger partial charge in [0.1, 0.15) is 0 Å². The predicted molar refractivity (Wildman–Crippen MR) is 68.4 cm³/mol. The third kappa shape index (κ3) is 2.87. The molecule has 1 amide bonds. The quantitative estimate of drug-likeness (QED) is 0.800. The van der Waals surface area contributed by atoms with Crippen molar-refractivity contribution in [3.05, 3.63) is 23.8 Å². The fourth-order valence-corrected chi connectivity index (χ4v) is 2.46. The second kappa shape index (κ2) is 4.89. The molecule has 1 aliphatic heterocycles. The van der Waals surface area contributed by atoms with Gasteiger partial charge < -0.3 is 11.1 Å². The molecule has 5 heteroatoms. The molecule has 0 saturated carbocycles. The van der Waals surface area contributed by atoms with Gasteiger partial charge in [-0.05, 0) is 19.1 Å². The smallest absolute Gasteiger partial charge is 0.234 e. The zero-order valence-corrected chi connectivity index (χ0v) is 10.3. The highest BCUT2D eigenvalue weighted by Crippen LogP contribution is 2.32. The minimum atomic E-state index is -0.150. The first-order valence-corrected chi connectivity index (χ1v) is 6.40. The number of ketones is 1. The minimum absolute atomic E-state index is 0.00706. The summed E-state index contributed by atoms with van der Waals surface area (Å²) < 4.78 is 0. The molecule has 2 rings (SSSR count). The molecule has 0 spiro atoms. The molecule has 17 heavy (non-hydrogen) atoms. The van der Waals surface area contributed by atoms with E-state index < -0.39 is 0 Å². The number of nitrogens with one attached hydrogen (secondary N) is 1. The third-order valence-corrected chi connectivity index (χ3v) is 3.52. The number of rotatable bonds is 3. The van der Waals surface area contributed by atoms with Gasteiger partial charge >= 0.3 is 0 Å². The number of hydrogen-bond donors (Lipinski definition) is 2. The van der Waals surface area contributed by atoms with Gasteiger partial charge in [-0.2, -0.15) is 0 Å². The zero-order valence-electron chi connectivity index (χ0n) is 9.53. The van der Waals surface area contributed by atoms with Crippen molar-refractivity contribution in [2.24, 2.45) is 5.73 Å². The molecule has 4 nitrogen and oxygen atoms in total. The van der Waals surface area contributed by atoms with Crippen LogP contribution in [0.1, 0.15) is 23.7 Å². The molecule has 0 aromatic heterocycles. The lowest BCUT2D eigenvalue weighted by Gasteiger charge is -2.17. The predicted octanol–water partition coefficient (Wildman–Crippen LogP) is 1.65. The zero-order chi connectivity index (χ0) is 12.4. The Morgan fingerprint density at radius 3 is 3.06 bits per heavy atom. The maximum Gasteiger partial charge on any atom is 0.234 e. The van der Waals surface area contributed by atoms with E-state index in [0.29, 0.717) is 17.7 Å². The fraction of sp³-hybridized carbons (Fsp3) is 0.333. The largest absolute Gasteiger partial charge is 0.328 e. The number of thioether (sulfide) groups is 1. The summed E-state index contributed by atoms with van der Waals surface area (Å²) >= 11 is 1.48. The van der Waals surface area contributed by atoms with E-state index >= 15 is 0 Å². The Labute approximate surface area is 104 Å². The van der Waals surface area contributed by atoms with Gasteiger partial charge in [0.15, 0.2) is 5.78 Å². The first-order chi connectivity index (χ1) is 8.06. The average molecular weight is 250 g/mol. The second-order valence-electron chi connectivity index (χ2n) is 4.15. The molecule has 1 aliphatic rings. The van der Waals surface area contributed by atoms with Gasteiger partial charge in [0.05, 0.1) is 11.4 Å². The van der Waals surface area contributed by atoms with Crippen LogP contribution in [0.4, 0.5) is 5.69 Å². The molecule has 0 aliphatic carbocycles. The van der Waals surface area contributed by atoms with E-state index in [4.69, 9.17) is 5.73 Å². The SMILES string of the molecule is CC(N)CC(=O)c1ccc2c(c1)NC(=O)CS2. The van der Waals surface area contributed by atoms with Crippen LogP contribution in [0.5, 0.6) is 0 Å². The monoisotopic (exact) mass is 250 g/mol. The van der Waals surface area contributed by atoms with Gasteiger partial charge in [-0.3, -0.25) is 9.59 Å². The standard InChI is InChI=1S/C12H14N2O2S/c1-7(13)4-10(15)8-2-3-11-9(5-8)14-12(16)6-17-11/h2-3,5,7H,4,6,13H2,1H3,(H,14,16). The molecule has 1 heterocycles. The number of anilines is 1. The van der Waals surface area contributed by atoms with E-state index in [2.05, 4.69) is 5.32 Å². The Hall–Kier alpha value is -1.33. The summed E-state index contributed by atoms with van der Waals surface area (Å²) in [5, 5.41) is 2.77. The first-order valence-electron chi connectivity index (χ1n) is 5.42. The highest BCUT2D eigenvalue weighted by molar-refractivity contribution is 8.00. The van der Waals surface area contributed by atoms with E-state index in [1.54, 1.807) is 19.1 Å². The van der Waals surface area contributed by atoms with Crippen LogP contribution in [0.3, 0.4) is 0 Å². The first kappa shape index (κ1) is 12.1. The van der Waals surface area contributed by atoms with Crippen LogP contribution in [-0.4, -0.2) is 23.5 Å². The Kier molecular flexibility index (Phi) is 3.49. The fourth-order valence-electron chi connectivity index (χ4n) is 1.67. The lowest BCUT2D eigenvalue weighted by Crippen LogP contribution is -2.21. The van der Waals surface area contributed by atoms with Crippen LogP contribution < -0.4 is 11.1 Å². The summed E-state index contributed by atoms with van der Waals surface area (Å²) in [6, 6.07) is 5.23. The number of nitrogens with two attached hydrogens (primary N) is 1. The lowest BCUT2D eigenvalue weighted by atomic mass is 10.0. The highest BCUT2D eigenvalue weighted by Gasteiger charge is 2.17. The normalized spacial score (nSPS) is 16.0. The van der Waals surface area contributed by atoms with Crippen molar-refractivity contribution >= 4 is 29.1 Å². The number of hydrogen-bond acceptors (Lipinski definition) is 4. The summed E-state index contributed by atoms with van der Waals surface area (Å²) in [4.78, 5) is 24.1. The van der Waals surface area contributed by atoms with Gasteiger partial charge in [-0.15, -0.1) is 11.8 Å². The van der Waals surface area contributed by atoms with Crippen molar-refractivity contribution in [2.75, 3.05) is 11.1 Å². The second-order valence-corrected chi connectivity index (χ2v) is 5.17. The topological polar surface area (TPSA) is 72.2 Å². The number of carbonyl (C=O) groups is 2. The van der Waals surface area contributed by atoms with E-state index in [1.807, 2.05) is 6.07 Å². The molecule has 0 bridgehead atoms. The molecule has 1 unspecified atom stereocenters. The number of benzene rings is 1. The molecule has 3 N–H and O–H groups in total. The summed E-state index contributed by atoms with van der Waals surface area (Å²) in [6.07, 6.45) is 0.319. The van der Waals surface area contributed by atoms with Crippen molar-refractivity contribution in [3.8, 4) is 0 Å². The van der Waals surface area contributed by atoms with Crippen molar-refractivity contribution in [1.29, 1.82) is 0 Å². The maximum atomic E-state index is 11.8. The Morgan fingerprint density at radius 2 is 2.35 bits per heavy atom. The van der Waals surface area contributed by atoms with Crippen molar-refractivity contribution in [3.63, 3.8) is 0 Å². The molecule has 1 atom stereocenters. The van der Waals surface area contributed by atoms with Crippen LogP contribution in [0.2, 0.25) is 0 Å². The molecule has 1 aromatic carbocycles. The molecule has 0 saturated heterocycles. The van der Waals surface area contributed by atoms with Crippen LogP contribution >= 0.6 is 11.8 Å². The van der Waals surface area contributed by atoms with Crippen LogP contribution in [0, 0.1) is 0 Å². The number of carbonyl (C=O) groups excluding carboxylic acids is 2. The van der Waals surface area contributed by atoms with Crippen LogP contribution in [0.15, 0.2) is 23.1 Å². The summed E-state index contributed by atoms with van der Waals surface area (Å²) in [5.74, 6) is 0.409. The Balaban J connectivity index is 2.23. The highest BCUT2D eigenvalue weighted by atomic mass is 32.2. The van der Waals surface area contributed by atoms with Crippen LogP contribution in [-0.2, 0) is 4.79 Å². The minimum Gasteiger partial charge on any atom is -0.328 e. The van der Waals surface area contributed by atoms with Gasteiger partial charge in [0, 0.05) is 22.9 Å². The van der Waals surface area contributed by atoms with Crippen molar-refractivity contribution < 1.29 is 9.59 Å². The van der Waals surface area contributed by atoms with Crippen LogP contribution in [0.25, 0.3) is 0 Å².